The number of carbonyl (C=O) groups is 1. The van der Waals surface area contributed by atoms with Crippen molar-refractivity contribution in [2.45, 2.75) is 45.3 Å². The van der Waals surface area contributed by atoms with Gasteiger partial charge in [0, 0.05) is 18.6 Å². The van der Waals surface area contributed by atoms with E-state index in [2.05, 4.69) is 20.4 Å². The van der Waals surface area contributed by atoms with Gasteiger partial charge in [0.25, 0.3) is 0 Å². The molecule has 1 saturated heterocycles. The summed E-state index contributed by atoms with van der Waals surface area (Å²) in [5.74, 6) is 0.695. The number of halogens is 1. The van der Waals surface area contributed by atoms with Crippen LogP contribution in [0.4, 0.5) is 0 Å². The minimum atomic E-state index is -0.0469. The summed E-state index contributed by atoms with van der Waals surface area (Å²) >= 11 is 6.18. The fraction of sp³-hybridized carbons (Fsp3) is 0.556. The fourth-order valence-electron chi connectivity index (χ4n) is 3.17. The molecule has 26 heavy (non-hydrogen) atoms. The van der Waals surface area contributed by atoms with Crippen molar-refractivity contribution in [3.63, 3.8) is 0 Å². The second-order valence-electron chi connectivity index (χ2n) is 6.78. The van der Waals surface area contributed by atoms with Gasteiger partial charge in [-0.25, -0.2) is 4.68 Å². The molecule has 0 radical (unpaired) electrons. The average Bonchev–Trinajstić information content (AvgIpc) is 2.89. The Morgan fingerprint density at radius 2 is 1.92 bits per heavy atom. The Labute approximate surface area is 158 Å². The molecule has 0 bridgehead atoms. The maximum atomic E-state index is 12.6. The maximum Gasteiger partial charge on any atom is 0.244 e. The molecule has 0 spiro atoms. The number of nitrogens with zero attached hydrogens (tertiary/aromatic N) is 6. The summed E-state index contributed by atoms with van der Waals surface area (Å²) in [7, 11) is 1.77. The molecule has 140 valence electrons. The van der Waals surface area contributed by atoms with Crippen LogP contribution in [0.5, 0.6) is 0 Å². The average molecular weight is 377 g/mol. The number of hydrogen-bond donors (Lipinski definition) is 0. The number of aromatic nitrogens is 4. The molecule has 0 unspecified atom stereocenters. The number of tetrazole rings is 1. The van der Waals surface area contributed by atoms with E-state index in [9.17, 15) is 4.79 Å². The van der Waals surface area contributed by atoms with E-state index in [0.29, 0.717) is 18.1 Å². The lowest BCUT2D eigenvalue weighted by Gasteiger charge is -2.20. The molecular weight excluding hydrogens is 352 g/mol. The van der Waals surface area contributed by atoms with Crippen molar-refractivity contribution in [2.75, 3.05) is 20.1 Å². The van der Waals surface area contributed by atoms with E-state index in [4.69, 9.17) is 11.6 Å². The summed E-state index contributed by atoms with van der Waals surface area (Å²) in [6.07, 6.45) is 4.99. The zero-order valence-corrected chi connectivity index (χ0v) is 15.9. The van der Waals surface area contributed by atoms with Crippen molar-refractivity contribution >= 4 is 17.5 Å². The normalized spacial score (nSPS) is 15.6. The van der Waals surface area contributed by atoms with Crippen molar-refractivity contribution in [3.8, 4) is 0 Å². The Morgan fingerprint density at radius 1 is 1.19 bits per heavy atom. The van der Waals surface area contributed by atoms with Crippen LogP contribution in [0.3, 0.4) is 0 Å². The van der Waals surface area contributed by atoms with E-state index in [1.54, 1.807) is 16.6 Å². The number of likely N-dealkylation sites (N-methyl/N-ethyl adjacent to an activating group) is 1. The van der Waals surface area contributed by atoms with Gasteiger partial charge in [0.05, 0.1) is 6.54 Å². The van der Waals surface area contributed by atoms with Crippen LogP contribution in [0, 0.1) is 0 Å². The van der Waals surface area contributed by atoms with Crippen LogP contribution in [-0.2, 0) is 24.4 Å². The predicted octanol–water partition coefficient (Wildman–Crippen LogP) is 2.36. The van der Waals surface area contributed by atoms with Gasteiger partial charge in [0.15, 0.2) is 5.82 Å². The van der Waals surface area contributed by atoms with Crippen LogP contribution in [0.1, 0.15) is 37.1 Å². The molecule has 2 heterocycles. The quantitative estimate of drug-likeness (QED) is 0.774. The highest BCUT2D eigenvalue weighted by Crippen LogP contribution is 2.17. The van der Waals surface area contributed by atoms with Crippen molar-refractivity contribution in [1.82, 2.24) is 30.0 Å². The van der Waals surface area contributed by atoms with Crippen molar-refractivity contribution < 1.29 is 4.79 Å². The molecule has 1 fully saturated rings. The third-order valence-electron chi connectivity index (χ3n) is 4.75. The minimum absolute atomic E-state index is 0.0469. The van der Waals surface area contributed by atoms with Crippen LogP contribution in [0.25, 0.3) is 0 Å². The van der Waals surface area contributed by atoms with Crippen LogP contribution in [0.15, 0.2) is 24.3 Å². The highest BCUT2D eigenvalue weighted by molar-refractivity contribution is 6.31. The molecule has 2 aromatic rings. The largest absolute Gasteiger partial charge is 0.340 e. The van der Waals surface area contributed by atoms with E-state index in [1.165, 1.54) is 25.7 Å². The van der Waals surface area contributed by atoms with Crippen LogP contribution in [0.2, 0.25) is 5.02 Å². The molecule has 0 atom stereocenters. The molecule has 1 aromatic heterocycles. The predicted molar refractivity (Wildman–Crippen MR) is 99.5 cm³/mol. The third kappa shape index (κ3) is 5.02. The van der Waals surface area contributed by atoms with Crippen LogP contribution < -0.4 is 0 Å². The SMILES string of the molecule is CN(Cc1ccccc1Cl)C(=O)Cn1nnnc1CN1CCCCCC1. The molecule has 0 aliphatic carbocycles. The lowest BCUT2D eigenvalue weighted by molar-refractivity contribution is -0.131. The summed E-state index contributed by atoms with van der Waals surface area (Å²) in [6, 6.07) is 7.55. The zero-order chi connectivity index (χ0) is 18.4. The Hall–Kier alpha value is -1.99. The molecule has 1 amide bonds. The highest BCUT2D eigenvalue weighted by atomic mass is 35.5. The van der Waals surface area contributed by atoms with Gasteiger partial charge in [0.1, 0.15) is 6.54 Å². The Kier molecular flexibility index (Phi) is 6.57. The van der Waals surface area contributed by atoms with Gasteiger partial charge >= 0.3 is 0 Å². The molecule has 7 nitrogen and oxygen atoms in total. The van der Waals surface area contributed by atoms with Gasteiger partial charge in [-0.3, -0.25) is 9.69 Å². The van der Waals surface area contributed by atoms with Gasteiger partial charge in [0.2, 0.25) is 5.91 Å². The molecule has 0 N–H and O–H groups in total. The first-order chi connectivity index (χ1) is 12.6. The minimum Gasteiger partial charge on any atom is -0.340 e. The molecule has 1 aromatic carbocycles. The van der Waals surface area contributed by atoms with Crippen molar-refractivity contribution in [1.29, 1.82) is 0 Å². The molecule has 3 rings (SSSR count). The molecule has 0 saturated carbocycles. The molecule has 1 aliphatic rings. The number of carbonyl (C=O) groups excluding carboxylic acids is 1. The Bertz CT molecular complexity index is 726. The number of likely N-dealkylation sites (tertiary alicyclic amines) is 1. The fourth-order valence-corrected chi connectivity index (χ4v) is 3.37. The highest BCUT2D eigenvalue weighted by Gasteiger charge is 2.18. The van der Waals surface area contributed by atoms with E-state index in [0.717, 1.165) is 24.5 Å². The summed E-state index contributed by atoms with van der Waals surface area (Å²) in [4.78, 5) is 16.6. The van der Waals surface area contributed by atoms with E-state index in [-0.39, 0.29) is 12.5 Å². The van der Waals surface area contributed by atoms with E-state index >= 15 is 0 Å². The number of hydrogen-bond acceptors (Lipinski definition) is 5. The Balaban J connectivity index is 1.59. The summed E-state index contributed by atoms with van der Waals surface area (Å²) in [5.41, 5.74) is 0.923. The standard InChI is InChI=1S/C18H25ClN6O/c1-23(12-15-8-4-5-9-16(15)19)18(26)14-25-17(20-21-22-25)13-24-10-6-2-3-7-11-24/h4-5,8-9H,2-3,6-7,10-14H2,1H3. The summed E-state index contributed by atoms with van der Waals surface area (Å²) < 4.78 is 1.61. The number of benzene rings is 1. The first-order valence-corrected chi connectivity index (χ1v) is 9.46. The Morgan fingerprint density at radius 3 is 2.65 bits per heavy atom. The summed E-state index contributed by atoms with van der Waals surface area (Å²) in [5, 5.41) is 12.6. The van der Waals surface area contributed by atoms with Crippen LogP contribution >= 0.6 is 11.6 Å². The van der Waals surface area contributed by atoms with E-state index in [1.807, 2.05) is 24.3 Å². The van der Waals surface area contributed by atoms with Gasteiger partial charge in [-0.1, -0.05) is 42.6 Å². The maximum absolute atomic E-state index is 12.6. The van der Waals surface area contributed by atoms with Crippen LogP contribution in [-0.4, -0.2) is 56.1 Å². The second kappa shape index (κ2) is 9.09. The van der Waals surface area contributed by atoms with Gasteiger partial charge < -0.3 is 4.90 Å². The van der Waals surface area contributed by atoms with Gasteiger partial charge in [-0.2, -0.15) is 0 Å². The summed E-state index contributed by atoms with van der Waals surface area (Å²) in [6.45, 7) is 3.41. The lowest BCUT2D eigenvalue weighted by Crippen LogP contribution is -2.32. The lowest BCUT2D eigenvalue weighted by atomic mass is 10.2. The van der Waals surface area contributed by atoms with Gasteiger partial charge in [-0.05, 0) is 48.0 Å². The third-order valence-corrected chi connectivity index (χ3v) is 5.11. The molecular formula is C18H25ClN6O. The van der Waals surface area contributed by atoms with E-state index < -0.39 is 0 Å². The second-order valence-corrected chi connectivity index (χ2v) is 7.19. The first-order valence-electron chi connectivity index (χ1n) is 9.08. The molecule has 8 heteroatoms. The monoisotopic (exact) mass is 376 g/mol. The first kappa shape index (κ1) is 18.8. The van der Waals surface area contributed by atoms with Crippen molar-refractivity contribution in [2.24, 2.45) is 0 Å². The molecule has 1 aliphatic heterocycles. The zero-order valence-electron chi connectivity index (χ0n) is 15.1. The van der Waals surface area contributed by atoms with Gasteiger partial charge in [-0.15, -0.1) is 5.10 Å². The smallest absolute Gasteiger partial charge is 0.244 e. The number of rotatable bonds is 6. The topological polar surface area (TPSA) is 67.2 Å². The van der Waals surface area contributed by atoms with Crippen molar-refractivity contribution in [3.05, 3.63) is 40.7 Å². The number of amides is 1.